The molecule has 2 aromatic carbocycles. The molecule has 12 heteroatoms. The van der Waals surface area contributed by atoms with Crippen LogP contribution in [0.1, 0.15) is 15.9 Å². The van der Waals surface area contributed by atoms with Gasteiger partial charge in [0.15, 0.2) is 4.32 Å². The molecule has 0 bridgehead atoms. The number of benzene rings is 2. The highest BCUT2D eigenvalue weighted by Gasteiger charge is 2.34. The zero-order valence-electron chi connectivity index (χ0n) is 15.0. The Morgan fingerprint density at radius 1 is 1.27 bits per heavy atom. The Kier molecular flexibility index (Phi) is 6.61. The van der Waals surface area contributed by atoms with Crippen LogP contribution in [-0.4, -0.2) is 33.2 Å². The van der Waals surface area contributed by atoms with E-state index in [0.29, 0.717) is 11.3 Å². The van der Waals surface area contributed by atoms with Gasteiger partial charge in [0.1, 0.15) is 10.8 Å². The van der Waals surface area contributed by atoms with E-state index in [9.17, 15) is 19.7 Å². The van der Waals surface area contributed by atoms with Crippen molar-refractivity contribution in [1.29, 1.82) is 0 Å². The number of halogens is 2. The number of methoxy groups -OCH3 is 1. The Labute approximate surface area is 189 Å². The number of nitro benzene ring substituents is 1. The minimum absolute atomic E-state index is 0.0905. The van der Waals surface area contributed by atoms with Gasteiger partial charge in [0.05, 0.1) is 16.9 Å². The minimum Gasteiger partial charge on any atom is -0.497 e. The highest BCUT2D eigenvalue weighted by molar-refractivity contribution is 8.26. The van der Waals surface area contributed by atoms with Gasteiger partial charge in [-0.1, -0.05) is 35.0 Å². The normalized spacial score (nSPS) is 14.9. The molecular weight excluding hydrogens is 473 g/mol. The molecule has 3 rings (SSSR count). The molecule has 2 amide bonds. The summed E-state index contributed by atoms with van der Waals surface area (Å²) in [6.45, 7) is 0. The van der Waals surface area contributed by atoms with Gasteiger partial charge >= 0.3 is 0 Å². The van der Waals surface area contributed by atoms with Crippen molar-refractivity contribution in [2.75, 3.05) is 7.11 Å². The second-order valence-corrected chi connectivity index (χ2v) is 8.26. The summed E-state index contributed by atoms with van der Waals surface area (Å²) in [5.41, 5.74) is 2.60. The van der Waals surface area contributed by atoms with Crippen LogP contribution in [0.5, 0.6) is 5.75 Å². The first-order chi connectivity index (χ1) is 14.2. The van der Waals surface area contributed by atoms with E-state index in [1.54, 1.807) is 12.1 Å². The number of amides is 2. The molecular formula is C18H11Cl2N3O5S2. The van der Waals surface area contributed by atoms with Gasteiger partial charge in [-0.25, -0.2) is 0 Å². The van der Waals surface area contributed by atoms with Gasteiger partial charge in [-0.3, -0.25) is 25.1 Å². The molecule has 1 aliphatic heterocycles. The Bertz CT molecular complexity index is 1110. The number of hydrazine groups is 1. The van der Waals surface area contributed by atoms with E-state index < -0.39 is 16.7 Å². The van der Waals surface area contributed by atoms with E-state index in [1.165, 1.54) is 31.4 Å². The van der Waals surface area contributed by atoms with Gasteiger partial charge in [0.2, 0.25) is 0 Å². The number of nitrogens with zero attached hydrogens (tertiary/aromatic N) is 2. The molecule has 0 saturated carbocycles. The molecule has 1 fully saturated rings. The lowest BCUT2D eigenvalue weighted by Crippen LogP contribution is -2.44. The first-order valence-corrected chi connectivity index (χ1v) is 10.1. The Hall–Kier alpha value is -2.66. The fourth-order valence-electron chi connectivity index (χ4n) is 2.42. The second kappa shape index (κ2) is 9.00. The van der Waals surface area contributed by atoms with E-state index in [2.05, 4.69) is 5.43 Å². The largest absolute Gasteiger partial charge is 0.497 e. The average Bonchev–Trinajstić information content (AvgIpc) is 2.97. The molecule has 0 radical (unpaired) electrons. The lowest BCUT2D eigenvalue weighted by Gasteiger charge is -2.15. The summed E-state index contributed by atoms with van der Waals surface area (Å²) in [7, 11) is 1.50. The number of nitrogens with one attached hydrogen (secondary N) is 1. The second-order valence-electron chi connectivity index (χ2n) is 5.77. The summed E-state index contributed by atoms with van der Waals surface area (Å²) in [6.07, 6.45) is 1.35. The fraction of sp³-hybridized carbons (Fsp3) is 0.0556. The molecule has 1 heterocycles. The van der Waals surface area contributed by atoms with Crippen LogP contribution in [0.25, 0.3) is 6.08 Å². The Morgan fingerprint density at radius 3 is 2.53 bits per heavy atom. The molecule has 154 valence electrons. The third-order valence-electron chi connectivity index (χ3n) is 3.91. The van der Waals surface area contributed by atoms with Crippen molar-refractivity contribution in [3.05, 3.63) is 72.6 Å². The molecule has 2 aromatic rings. The summed E-state index contributed by atoms with van der Waals surface area (Å²) in [6, 6.07) is 8.66. The molecule has 30 heavy (non-hydrogen) atoms. The number of thiocarbonyl (C=S) groups is 1. The van der Waals surface area contributed by atoms with Crippen molar-refractivity contribution < 1.29 is 19.2 Å². The quantitative estimate of drug-likeness (QED) is 0.290. The molecule has 0 aromatic heterocycles. The minimum atomic E-state index is -0.656. The zero-order valence-corrected chi connectivity index (χ0v) is 18.2. The third-order valence-corrected chi connectivity index (χ3v) is 5.84. The highest BCUT2D eigenvalue weighted by Crippen LogP contribution is 2.36. The lowest BCUT2D eigenvalue weighted by molar-refractivity contribution is -0.384. The molecule has 0 unspecified atom stereocenters. The maximum atomic E-state index is 12.7. The molecule has 1 aliphatic rings. The van der Waals surface area contributed by atoms with E-state index in [1.807, 2.05) is 0 Å². The lowest BCUT2D eigenvalue weighted by atomic mass is 10.2. The monoisotopic (exact) mass is 483 g/mol. The number of nitro groups is 1. The predicted molar refractivity (Wildman–Crippen MR) is 119 cm³/mol. The first-order valence-electron chi connectivity index (χ1n) is 8.07. The van der Waals surface area contributed by atoms with E-state index in [0.717, 1.165) is 22.8 Å². The standard InChI is InChI=1S/C18H11Cl2N3O5S2/c1-28-11-4-2-9(3-5-11)16(24)21-22-17(25)15(30-18(22)29)7-10-6-14(23(26)27)13(20)8-12(10)19/h2-8H,1H3,(H,21,24)/b15-7-. The number of rotatable bonds is 5. The van der Waals surface area contributed by atoms with Crippen LogP contribution >= 0.6 is 47.2 Å². The summed E-state index contributed by atoms with van der Waals surface area (Å²) in [4.78, 5) is 35.7. The number of hydrogen-bond donors (Lipinski definition) is 1. The van der Waals surface area contributed by atoms with Gasteiger partial charge in [-0.2, -0.15) is 5.01 Å². The van der Waals surface area contributed by atoms with E-state index in [4.69, 9.17) is 40.2 Å². The van der Waals surface area contributed by atoms with Crippen LogP contribution in [-0.2, 0) is 4.79 Å². The Morgan fingerprint density at radius 2 is 1.93 bits per heavy atom. The summed E-state index contributed by atoms with van der Waals surface area (Å²) in [5, 5.41) is 12.0. The number of hydrogen-bond acceptors (Lipinski definition) is 7. The van der Waals surface area contributed by atoms with Crippen molar-refractivity contribution in [3.8, 4) is 5.75 Å². The van der Waals surface area contributed by atoms with Crippen LogP contribution in [0.3, 0.4) is 0 Å². The first kappa shape index (κ1) is 22.0. The number of carbonyl (C=O) groups is 2. The maximum Gasteiger partial charge on any atom is 0.288 e. The van der Waals surface area contributed by atoms with E-state index >= 15 is 0 Å². The molecule has 0 aliphatic carbocycles. The van der Waals surface area contributed by atoms with Gasteiger partial charge in [0, 0.05) is 22.2 Å². The smallest absolute Gasteiger partial charge is 0.288 e. The number of thioether (sulfide) groups is 1. The molecule has 1 N–H and O–H groups in total. The van der Waals surface area contributed by atoms with Crippen LogP contribution < -0.4 is 10.2 Å². The fourth-order valence-corrected chi connectivity index (χ4v) is 4.10. The van der Waals surface area contributed by atoms with Crippen LogP contribution in [0.15, 0.2) is 41.3 Å². The van der Waals surface area contributed by atoms with Crippen molar-refractivity contribution in [1.82, 2.24) is 10.4 Å². The molecule has 0 spiro atoms. The molecule has 8 nitrogen and oxygen atoms in total. The van der Waals surface area contributed by atoms with Crippen LogP contribution in [0, 0.1) is 10.1 Å². The zero-order chi connectivity index (χ0) is 22.0. The van der Waals surface area contributed by atoms with Crippen LogP contribution in [0.4, 0.5) is 5.69 Å². The van der Waals surface area contributed by atoms with Gasteiger partial charge < -0.3 is 4.74 Å². The third kappa shape index (κ3) is 4.57. The molecule has 1 saturated heterocycles. The van der Waals surface area contributed by atoms with Crippen molar-refractivity contribution in [3.63, 3.8) is 0 Å². The summed E-state index contributed by atoms with van der Waals surface area (Å²) in [5.74, 6) is -0.565. The summed E-state index contributed by atoms with van der Waals surface area (Å²) >= 11 is 18.0. The van der Waals surface area contributed by atoms with Crippen molar-refractivity contribution in [2.24, 2.45) is 0 Å². The van der Waals surface area contributed by atoms with Crippen LogP contribution in [0.2, 0.25) is 10.0 Å². The van der Waals surface area contributed by atoms with Gasteiger partial charge in [-0.15, -0.1) is 0 Å². The molecule has 0 atom stereocenters. The number of ether oxygens (including phenoxy) is 1. The van der Waals surface area contributed by atoms with E-state index in [-0.39, 0.29) is 30.5 Å². The van der Waals surface area contributed by atoms with Gasteiger partial charge in [0.25, 0.3) is 17.5 Å². The Balaban J connectivity index is 1.83. The SMILES string of the molecule is COc1ccc(C(=O)NN2C(=O)/C(=C/c3cc([N+](=O)[O-])c(Cl)cc3Cl)SC2=S)cc1. The maximum absolute atomic E-state index is 12.7. The topological polar surface area (TPSA) is 102 Å². The van der Waals surface area contributed by atoms with Crippen molar-refractivity contribution in [2.45, 2.75) is 0 Å². The highest BCUT2D eigenvalue weighted by atomic mass is 35.5. The predicted octanol–water partition coefficient (Wildman–Crippen LogP) is 4.46. The summed E-state index contributed by atoms with van der Waals surface area (Å²) < 4.78 is 5.13. The number of carbonyl (C=O) groups excluding carboxylic acids is 2. The van der Waals surface area contributed by atoms with Crippen molar-refractivity contribution >= 4 is 75.1 Å². The van der Waals surface area contributed by atoms with Gasteiger partial charge in [-0.05, 0) is 48.6 Å². The average molecular weight is 484 g/mol.